The van der Waals surface area contributed by atoms with Gasteiger partial charge in [-0.2, -0.15) is 0 Å². The van der Waals surface area contributed by atoms with E-state index >= 15 is 0 Å². The maximum atomic E-state index is 12.9. The number of pyridine rings is 1. The average Bonchev–Trinajstić information content (AvgIpc) is 2.70. The summed E-state index contributed by atoms with van der Waals surface area (Å²) in [6.07, 6.45) is 4.93. The standard InChI is InChI=1S/C23H29N3O2/c1-24-15-20(18-6-4-3-5-7-18)14-23(17-24)10-12-26(13-11-23)22(28)19-8-9-21(27)25(2)16-19/h3-9,16,20H,10-15,17H2,1-2H3/t20-/m0/s1. The molecular formula is C23H29N3O2. The lowest BCUT2D eigenvalue weighted by molar-refractivity contribution is 0.0224. The number of likely N-dealkylation sites (tertiary alicyclic amines) is 2. The second-order valence-corrected chi connectivity index (χ2v) is 8.67. The normalized spacial score (nSPS) is 22.4. The molecule has 0 saturated carbocycles. The second kappa shape index (κ2) is 7.55. The number of hydrogen-bond acceptors (Lipinski definition) is 3. The summed E-state index contributed by atoms with van der Waals surface area (Å²) in [6, 6.07) is 13.9. The number of aryl methyl sites for hydroxylation is 1. The van der Waals surface area contributed by atoms with E-state index in [2.05, 4.69) is 42.3 Å². The van der Waals surface area contributed by atoms with Crippen LogP contribution in [0.4, 0.5) is 0 Å². The van der Waals surface area contributed by atoms with Crippen LogP contribution < -0.4 is 5.56 Å². The summed E-state index contributed by atoms with van der Waals surface area (Å²) >= 11 is 0. The Morgan fingerprint density at radius 2 is 1.75 bits per heavy atom. The Morgan fingerprint density at radius 3 is 2.43 bits per heavy atom. The Bertz CT molecular complexity index is 898. The van der Waals surface area contributed by atoms with Gasteiger partial charge in [0, 0.05) is 45.5 Å². The third-order valence-corrected chi connectivity index (χ3v) is 6.53. The second-order valence-electron chi connectivity index (χ2n) is 8.67. The van der Waals surface area contributed by atoms with Gasteiger partial charge >= 0.3 is 0 Å². The van der Waals surface area contributed by atoms with E-state index in [9.17, 15) is 9.59 Å². The van der Waals surface area contributed by atoms with Crippen LogP contribution in [-0.4, -0.2) is 53.5 Å². The minimum atomic E-state index is -0.0913. The molecule has 5 heteroatoms. The highest BCUT2D eigenvalue weighted by Crippen LogP contribution is 2.44. The Morgan fingerprint density at radius 1 is 1.04 bits per heavy atom. The number of hydrogen-bond donors (Lipinski definition) is 0. The first kappa shape index (κ1) is 18.9. The van der Waals surface area contributed by atoms with Gasteiger partial charge in [-0.15, -0.1) is 0 Å². The van der Waals surface area contributed by atoms with Gasteiger partial charge in [0.2, 0.25) is 5.56 Å². The first-order valence-corrected chi connectivity index (χ1v) is 10.2. The number of piperidine rings is 2. The zero-order chi connectivity index (χ0) is 19.7. The molecule has 0 N–H and O–H groups in total. The van der Waals surface area contributed by atoms with E-state index in [4.69, 9.17) is 0 Å². The van der Waals surface area contributed by atoms with Crippen LogP contribution in [0.25, 0.3) is 0 Å². The molecule has 0 bridgehead atoms. The average molecular weight is 380 g/mol. The van der Waals surface area contributed by atoms with Gasteiger partial charge in [-0.25, -0.2) is 0 Å². The summed E-state index contributed by atoms with van der Waals surface area (Å²) < 4.78 is 1.47. The number of likely N-dealkylation sites (N-methyl/N-ethyl adjacent to an activating group) is 1. The molecule has 0 aliphatic carbocycles. The maximum Gasteiger partial charge on any atom is 0.255 e. The minimum absolute atomic E-state index is 0.0363. The molecular weight excluding hydrogens is 350 g/mol. The number of nitrogens with zero attached hydrogens (tertiary/aromatic N) is 3. The van der Waals surface area contributed by atoms with Gasteiger partial charge in [-0.3, -0.25) is 9.59 Å². The fourth-order valence-corrected chi connectivity index (χ4v) is 5.06. The first-order valence-electron chi connectivity index (χ1n) is 10.2. The van der Waals surface area contributed by atoms with Crippen molar-refractivity contribution in [2.75, 3.05) is 33.2 Å². The van der Waals surface area contributed by atoms with Crippen molar-refractivity contribution in [3.05, 3.63) is 70.1 Å². The molecule has 4 rings (SSSR count). The van der Waals surface area contributed by atoms with Crippen molar-refractivity contribution >= 4 is 5.91 Å². The van der Waals surface area contributed by atoms with Crippen LogP contribution in [0.1, 0.15) is 41.1 Å². The zero-order valence-electron chi connectivity index (χ0n) is 16.8. The lowest BCUT2D eigenvalue weighted by atomic mass is 9.68. The van der Waals surface area contributed by atoms with Crippen molar-refractivity contribution in [2.45, 2.75) is 25.2 Å². The van der Waals surface area contributed by atoms with E-state index < -0.39 is 0 Å². The maximum absolute atomic E-state index is 12.9. The zero-order valence-corrected chi connectivity index (χ0v) is 16.8. The first-order chi connectivity index (χ1) is 13.5. The summed E-state index contributed by atoms with van der Waals surface area (Å²) in [5.74, 6) is 0.597. The highest BCUT2D eigenvalue weighted by Gasteiger charge is 2.42. The topological polar surface area (TPSA) is 45.6 Å². The summed E-state index contributed by atoms with van der Waals surface area (Å²) in [7, 11) is 3.91. The molecule has 5 nitrogen and oxygen atoms in total. The number of aromatic nitrogens is 1. The molecule has 2 aromatic rings. The van der Waals surface area contributed by atoms with E-state index in [1.807, 2.05) is 4.90 Å². The molecule has 2 saturated heterocycles. The lowest BCUT2D eigenvalue weighted by Crippen LogP contribution is -2.51. The molecule has 148 valence electrons. The van der Waals surface area contributed by atoms with E-state index in [0.717, 1.165) is 39.0 Å². The molecule has 2 fully saturated rings. The van der Waals surface area contributed by atoms with Crippen LogP contribution in [0.5, 0.6) is 0 Å². The van der Waals surface area contributed by atoms with E-state index in [1.54, 1.807) is 19.3 Å². The molecule has 2 aliphatic heterocycles. The van der Waals surface area contributed by atoms with Gasteiger partial charge in [0.15, 0.2) is 0 Å². The molecule has 1 aromatic carbocycles. The monoisotopic (exact) mass is 379 g/mol. The van der Waals surface area contributed by atoms with Gasteiger partial charge in [0.1, 0.15) is 0 Å². The minimum Gasteiger partial charge on any atom is -0.339 e. The molecule has 1 spiro atoms. The Hall–Kier alpha value is -2.40. The molecule has 0 unspecified atom stereocenters. The van der Waals surface area contributed by atoms with Gasteiger partial charge in [-0.05, 0) is 49.3 Å². The highest BCUT2D eigenvalue weighted by atomic mass is 16.2. The predicted octanol–water partition coefficient (Wildman–Crippen LogP) is 2.73. The van der Waals surface area contributed by atoms with Gasteiger partial charge in [0.05, 0.1) is 5.56 Å². The summed E-state index contributed by atoms with van der Waals surface area (Å²) in [5, 5.41) is 0. The molecule has 28 heavy (non-hydrogen) atoms. The number of carbonyl (C=O) groups is 1. The fourth-order valence-electron chi connectivity index (χ4n) is 5.06. The van der Waals surface area contributed by atoms with Crippen molar-refractivity contribution in [1.29, 1.82) is 0 Å². The van der Waals surface area contributed by atoms with Crippen LogP contribution in [0, 0.1) is 5.41 Å². The van der Waals surface area contributed by atoms with Gasteiger partial charge < -0.3 is 14.4 Å². The Kier molecular flexibility index (Phi) is 5.11. The van der Waals surface area contributed by atoms with Gasteiger partial charge in [0.25, 0.3) is 5.91 Å². The predicted molar refractivity (Wildman–Crippen MR) is 111 cm³/mol. The third kappa shape index (κ3) is 3.76. The molecule has 1 amide bonds. The molecule has 1 aromatic heterocycles. The van der Waals surface area contributed by atoms with Crippen LogP contribution in [-0.2, 0) is 7.05 Å². The molecule has 0 radical (unpaired) electrons. The SMILES string of the molecule is CN1C[C@@H](c2ccccc2)CC2(CCN(C(=O)c3ccc(=O)n(C)c3)CC2)C1. The summed E-state index contributed by atoms with van der Waals surface area (Å²) in [6.45, 7) is 3.79. The Labute approximate surface area is 166 Å². The van der Waals surface area contributed by atoms with E-state index in [0.29, 0.717) is 11.5 Å². The molecule has 2 aliphatic rings. The number of rotatable bonds is 2. The van der Waals surface area contributed by atoms with Crippen molar-refractivity contribution in [3.63, 3.8) is 0 Å². The van der Waals surface area contributed by atoms with Crippen LogP contribution in [0.15, 0.2) is 53.5 Å². The van der Waals surface area contributed by atoms with Crippen molar-refractivity contribution in [1.82, 2.24) is 14.4 Å². The van der Waals surface area contributed by atoms with Crippen LogP contribution in [0.3, 0.4) is 0 Å². The number of carbonyl (C=O) groups excluding carboxylic acids is 1. The van der Waals surface area contributed by atoms with Crippen molar-refractivity contribution in [3.8, 4) is 0 Å². The van der Waals surface area contributed by atoms with Gasteiger partial charge in [-0.1, -0.05) is 30.3 Å². The van der Waals surface area contributed by atoms with E-state index in [1.165, 1.54) is 22.6 Å². The summed E-state index contributed by atoms with van der Waals surface area (Å²) in [5.41, 5.74) is 2.22. The fraction of sp³-hybridized carbons (Fsp3) is 0.478. The van der Waals surface area contributed by atoms with Crippen LogP contribution in [0.2, 0.25) is 0 Å². The smallest absolute Gasteiger partial charge is 0.255 e. The highest BCUT2D eigenvalue weighted by molar-refractivity contribution is 5.94. The quantitative estimate of drug-likeness (QED) is 0.806. The lowest BCUT2D eigenvalue weighted by Gasteiger charge is -2.49. The van der Waals surface area contributed by atoms with Crippen molar-refractivity contribution < 1.29 is 4.79 Å². The largest absolute Gasteiger partial charge is 0.339 e. The Balaban J connectivity index is 1.45. The van der Waals surface area contributed by atoms with Crippen molar-refractivity contribution in [2.24, 2.45) is 12.5 Å². The molecule has 1 atom stereocenters. The van der Waals surface area contributed by atoms with Crippen LogP contribution >= 0.6 is 0 Å². The molecule has 3 heterocycles. The van der Waals surface area contributed by atoms with E-state index in [-0.39, 0.29) is 16.9 Å². The number of benzene rings is 1. The summed E-state index contributed by atoms with van der Waals surface area (Å²) in [4.78, 5) is 28.9. The number of amides is 1. The third-order valence-electron chi connectivity index (χ3n) is 6.53.